The van der Waals surface area contributed by atoms with Gasteiger partial charge in [-0.1, -0.05) is 29.8 Å². The molecule has 9 heteroatoms. The zero-order chi connectivity index (χ0) is 20.5. The molecule has 0 aromatic heterocycles. The van der Waals surface area contributed by atoms with Crippen LogP contribution in [0.5, 0.6) is 11.5 Å². The third kappa shape index (κ3) is 6.38. The molecule has 0 fully saturated rings. The van der Waals surface area contributed by atoms with Gasteiger partial charge in [-0.05, 0) is 36.8 Å². The van der Waals surface area contributed by atoms with E-state index in [9.17, 15) is 18.4 Å². The van der Waals surface area contributed by atoms with E-state index < -0.39 is 25.1 Å². The Morgan fingerprint density at radius 3 is 2.57 bits per heavy atom. The number of hydrogen-bond acceptors (Lipinski definition) is 5. The lowest BCUT2D eigenvalue weighted by atomic mass is 10.2. The average molecular weight is 414 g/mol. The zero-order valence-corrected chi connectivity index (χ0v) is 15.7. The first-order valence-corrected chi connectivity index (χ1v) is 8.67. The summed E-state index contributed by atoms with van der Waals surface area (Å²) in [6.07, 6.45) is 0. The number of carbonyl (C=O) groups is 2. The molecular weight excluding hydrogens is 396 g/mol. The molecule has 0 spiro atoms. The molecule has 0 bridgehead atoms. The SMILES string of the molecule is CCOc1cc(C(=O)OCC(=O)NCc2ccccc2Cl)ccc1OC(F)F. The molecule has 0 aliphatic carbocycles. The number of amides is 1. The van der Waals surface area contributed by atoms with E-state index in [1.54, 1.807) is 31.2 Å². The molecule has 0 radical (unpaired) electrons. The van der Waals surface area contributed by atoms with Gasteiger partial charge in [0.1, 0.15) is 0 Å². The Hall–Kier alpha value is -2.87. The van der Waals surface area contributed by atoms with E-state index in [4.69, 9.17) is 21.1 Å². The molecule has 0 atom stereocenters. The van der Waals surface area contributed by atoms with E-state index in [-0.39, 0.29) is 30.2 Å². The highest BCUT2D eigenvalue weighted by Gasteiger charge is 2.16. The minimum absolute atomic E-state index is 0.0274. The highest BCUT2D eigenvalue weighted by Crippen LogP contribution is 2.30. The minimum Gasteiger partial charge on any atom is -0.490 e. The number of esters is 1. The third-order valence-corrected chi connectivity index (χ3v) is 3.83. The topological polar surface area (TPSA) is 73.9 Å². The second-order valence-electron chi connectivity index (χ2n) is 5.42. The number of ether oxygens (including phenoxy) is 3. The van der Waals surface area contributed by atoms with E-state index in [1.807, 2.05) is 0 Å². The summed E-state index contributed by atoms with van der Waals surface area (Å²) in [6.45, 7) is -1.52. The van der Waals surface area contributed by atoms with Crippen LogP contribution in [0.2, 0.25) is 5.02 Å². The van der Waals surface area contributed by atoms with Crippen molar-refractivity contribution in [1.82, 2.24) is 5.32 Å². The number of hydrogen-bond donors (Lipinski definition) is 1. The first-order valence-electron chi connectivity index (χ1n) is 8.29. The van der Waals surface area contributed by atoms with Crippen LogP contribution in [-0.4, -0.2) is 31.7 Å². The molecule has 0 saturated carbocycles. The van der Waals surface area contributed by atoms with Gasteiger partial charge in [0.05, 0.1) is 12.2 Å². The second-order valence-corrected chi connectivity index (χ2v) is 5.82. The molecule has 2 aromatic carbocycles. The van der Waals surface area contributed by atoms with Gasteiger partial charge in [-0.3, -0.25) is 4.79 Å². The maximum atomic E-state index is 12.4. The Bertz CT molecular complexity index is 832. The lowest BCUT2D eigenvalue weighted by molar-refractivity contribution is -0.124. The lowest BCUT2D eigenvalue weighted by Gasteiger charge is -2.12. The summed E-state index contributed by atoms with van der Waals surface area (Å²) in [6, 6.07) is 10.6. The smallest absolute Gasteiger partial charge is 0.387 e. The van der Waals surface area contributed by atoms with Crippen LogP contribution < -0.4 is 14.8 Å². The van der Waals surface area contributed by atoms with E-state index >= 15 is 0 Å². The summed E-state index contributed by atoms with van der Waals surface area (Å²) in [5.74, 6) is -1.56. The van der Waals surface area contributed by atoms with Gasteiger partial charge in [0.25, 0.3) is 5.91 Å². The monoisotopic (exact) mass is 413 g/mol. The predicted molar refractivity (Wildman–Crippen MR) is 97.8 cm³/mol. The van der Waals surface area contributed by atoms with Crippen LogP contribution in [0.3, 0.4) is 0 Å². The Balaban J connectivity index is 1.92. The molecule has 2 rings (SSSR count). The molecule has 0 heterocycles. The standard InChI is InChI=1S/C19H18ClF2NO5/c1-2-26-16-9-12(7-8-15(16)28-19(21)22)18(25)27-11-17(24)23-10-13-5-3-4-6-14(13)20/h3-9,19H,2,10-11H2,1H3,(H,23,24). The lowest BCUT2D eigenvalue weighted by Crippen LogP contribution is -2.28. The number of benzene rings is 2. The normalized spacial score (nSPS) is 10.5. The molecule has 2 aromatic rings. The van der Waals surface area contributed by atoms with Crippen molar-refractivity contribution >= 4 is 23.5 Å². The number of halogens is 3. The number of nitrogens with one attached hydrogen (secondary N) is 1. The van der Waals surface area contributed by atoms with Crippen molar-refractivity contribution in [1.29, 1.82) is 0 Å². The molecular formula is C19H18ClF2NO5. The van der Waals surface area contributed by atoms with Gasteiger partial charge in [-0.15, -0.1) is 0 Å². The molecule has 0 unspecified atom stereocenters. The van der Waals surface area contributed by atoms with Gasteiger partial charge in [0.2, 0.25) is 0 Å². The third-order valence-electron chi connectivity index (χ3n) is 3.46. The van der Waals surface area contributed by atoms with Crippen molar-refractivity contribution in [2.75, 3.05) is 13.2 Å². The largest absolute Gasteiger partial charge is 0.490 e. The van der Waals surface area contributed by atoms with E-state index in [1.165, 1.54) is 18.2 Å². The maximum absolute atomic E-state index is 12.4. The first-order chi connectivity index (χ1) is 13.4. The van der Waals surface area contributed by atoms with Crippen molar-refractivity contribution in [2.24, 2.45) is 0 Å². The van der Waals surface area contributed by atoms with E-state index in [0.29, 0.717) is 5.02 Å². The van der Waals surface area contributed by atoms with Gasteiger partial charge < -0.3 is 19.5 Å². The molecule has 28 heavy (non-hydrogen) atoms. The summed E-state index contributed by atoms with van der Waals surface area (Å²) in [5.41, 5.74) is 0.754. The number of rotatable bonds is 9. The summed E-state index contributed by atoms with van der Waals surface area (Å²) in [5, 5.41) is 3.09. The number of carbonyl (C=O) groups excluding carboxylic acids is 2. The Morgan fingerprint density at radius 1 is 1.14 bits per heavy atom. The summed E-state index contributed by atoms with van der Waals surface area (Å²) in [4.78, 5) is 23.9. The molecule has 0 saturated heterocycles. The predicted octanol–water partition coefficient (Wildman–Crippen LogP) is 3.81. The fraction of sp³-hybridized carbons (Fsp3) is 0.263. The molecule has 0 aliphatic heterocycles. The molecule has 1 amide bonds. The van der Waals surface area contributed by atoms with Crippen molar-refractivity contribution in [3.05, 3.63) is 58.6 Å². The van der Waals surface area contributed by atoms with Gasteiger partial charge in [-0.2, -0.15) is 8.78 Å². The molecule has 0 aliphatic rings. The fourth-order valence-electron chi connectivity index (χ4n) is 2.20. The van der Waals surface area contributed by atoms with Crippen LogP contribution in [0, 0.1) is 0 Å². The fourth-order valence-corrected chi connectivity index (χ4v) is 2.40. The van der Waals surface area contributed by atoms with Crippen LogP contribution in [0.25, 0.3) is 0 Å². The van der Waals surface area contributed by atoms with Gasteiger partial charge in [0.15, 0.2) is 18.1 Å². The van der Waals surface area contributed by atoms with Crippen LogP contribution in [0.4, 0.5) is 8.78 Å². The highest BCUT2D eigenvalue weighted by atomic mass is 35.5. The van der Waals surface area contributed by atoms with Crippen LogP contribution in [0.15, 0.2) is 42.5 Å². The molecule has 6 nitrogen and oxygen atoms in total. The minimum atomic E-state index is -3.03. The maximum Gasteiger partial charge on any atom is 0.387 e. The Kier molecular flexibility index (Phi) is 8.01. The Morgan fingerprint density at radius 2 is 1.89 bits per heavy atom. The number of alkyl halides is 2. The van der Waals surface area contributed by atoms with Crippen LogP contribution in [0.1, 0.15) is 22.8 Å². The van der Waals surface area contributed by atoms with Crippen molar-refractivity contribution in [2.45, 2.75) is 20.1 Å². The van der Waals surface area contributed by atoms with E-state index in [2.05, 4.69) is 10.1 Å². The van der Waals surface area contributed by atoms with Crippen LogP contribution >= 0.6 is 11.6 Å². The highest BCUT2D eigenvalue weighted by molar-refractivity contribution is 6.31. The van der Waals surface area contributed by atoms with Gasteiger partial charge in [0, 0.05) is 11.6 Å². The summed E-state index contributed by atoms with van der Waals surface area (Å²) in [7, 11) is 0. The quantitative estimate of drug-likeness (QED) is 0.633. The Labute approximate surface area is 165 Å². The second kappa shape index (κ2) is 10.5. The summed E-state index contributed by atoms with van der Waals surface area (Å²) < 4.78 is 39.3. The average Bonchev–Trinajstić information content (AvgIpc) is 2.66. The first kappa shape index (κ1) is 21.4. The molecule has 150 valence electrons. The van der Waals surface area contributed by atoms with Gasteiger partial charge >= 0.3 is 12.6 Å². The van der Waals surface area contributed by atoms with E-state index in [0.717, 1.165) is 5.56 Å². The van der Waals surface area contributed by atoms with Crippen molar-refractivity contribution < 1.29 is 32.6 Å². The zero-order valence-electron chi connectivity index (χ0n) is 14.9. The van der Waals surface area contributed by atoms with Gasteiger partial charge in [-0.25, -0.2) is 4.79 Å². The molecule has 1 N–H and O–H groups in total. The van der Waals surface area contributed by atoms with Crippen molar-refractivity contribution in [3.8, 4) is 11.5 Å². The summed E-state index contributed by atoms with van der Waals surface area (Å²) >= 11 is 5.99. The van der Waals surface area contributed by atoms with Crippen molar-refractivity contribution in [3.63, 3.8) is 0 Å². The van der Waals surface area contributed by atoms with Crippen LogP contribution in [-0.2, 0) is 16.1 Å².